The van der Waals surface area contributed by atoms with Gasteiger partial charge in [0.05, 0.1) is 6.42 Å². The molecule has 1 atom stereocenters. The molecule has 6 nitrogen and oxygen atoms in total. The predicted octanol–water partition coefficient (Wildman–Crippen LogP) is 4.20. The Morgan fingerprint density at radius 3 is 2.62 bits per heavy atom. The van der Waals surface area contributed by atoms with Crippen molar-refractivity contribution in [3.05, 3.63) is 69.7 Å². The Hall–Kier alpha value is -2.77. The molecule has 1 fully saturated rings. The monoisotopic (exact) mass is 426 g/mol. The number of nitrogens with one attached hydrogen (secondary N) is 1. The van der Waals surface area contributed by atoms with Crippen LogP contribution in [0.5, 0.6) is 0 Å². The Bertz CT molecular complexity index is 1030. The maximum atomic E-state index is 12.5. The molecular weight excluding hydrogens is 408 g/mol. The van der Waals surface area contributed by atoms with Crippen molar-refractivity contribution in [2.24, 2.45) is 0 Å². The number of carbonyl (C=O) groups excluding carboxylic acids is 2. The van der Waals surface area contributed by atoms with Gasteiger partial charge in [0, 0.05) is 29.6 Å². The molecule has 2 amide bonds. The average molecular weight is 427 g/mol. The van der Waals surface area contributed by atoms with Crippen LogP contribution in [0, 0.1) is 6.92 Å². The smallest absolute Gasteiger partial charge is 0.230 e. The molecule has 2 heterocycles. The molecule has 1 unspecified atom stereocenters. The SMILES string of the molecule is Cc1ccc(N2CC(c3nnc(NC(=O)Cc4ccc(Cl)cc4)s3)CC2=O)cc1. The third-order valence-electron chi connectivity index (χ3n) is 4.78. The van der Waals surface area contributed by atoms with Gasteiger partial charge in [-0.25, -0.2) is 0 Å². The highest BCUT2D eigenvalue weighted by molar-refractivity contribution is 7.15. The molecule has 1 aromatic heterocycles. The lowest BCUT2D eigenvalue weighted by atomic mass is 10.1. The van der Waals surface area contributed by atoms with Gasteiger partial charge in [-0.15, -0.1) is 10.2 Å². The molecule has 0 radical (unpaired) electrons. The van der Waals surface area contributed by atoms with E-state index in [1.165, 1.54) is 11.3 Å². The van der Waals surface area contributed by atoms with Gasteiger partial charge in [0.1, 0.15) is 5.01 Å². The summed E-state index contributed by atoms with van der Waals surface area (Å²) in [7, 11) is 0. The number of benzene rings is 2. The van der Waals surface area contributed by atoms with Crippen molar-refractivity contribution in [2.45, 2.75) is 25.7 Å². The minimum Gasteiger partial charge on any atom is -0.312 e. The maximum Gasteiger partial charge on any atom is 0.230 e. The Morgan fingerprint density at radius 1 is 1.17 bits per heavy atom. The first kappa shape index (κ1) is 19.5. The molecule has 1 saturated heterocycles. The first-order valence-corrected chi connectivity index (χ1v) is 10.4. The summed E-state index contributed by atoms with van der Waals surface area (Å²) in [4.78, 5) is 26.5. The van der Waals surface area contributed by atoms with Crippen LogP contribution in [0.3, 0.4) is 0 Å². The van der Waals surface area contributed by atoms with Crippen molar-refractivity contribution in [3.8, 4) is 0 Å². The molecule has 8 heteroatoms. The highest BCUT2D eigenvalue weighted by Crippen LogP contribution is 2.34. The highest BCUT2D eigenvalue weighted by Gasteiger charge is 2.33. The van der Waals surface area contributed by atoms with Gasteiger partial charge in [-0.2, -0.15) is 0 Å². The summed E-state index contributed by atoms with van der Waals surface area (Å²) in [6, 6.07) is 15.0. The lowest BCUT2D eigenvalue weighted by Gasteiger charge is -2.16. The fraction of sp³-hybridized carbons (Fsp3) is 0.238. The number of anilines is 2. The molecule has 1 N–H and O–H groups in total. The van der Waals surface area contributed by atoms with E-state index in [4.69, 9.17) is 11.6 Å². The molecule has 0 spiro atoms. The zero-order chi connectivity index (χ0) is 20.4. The summed E-state index contributed by atoms with van der Waals surface area (Å²) in [5.41, 5.74) is 2.91. The molecule has 0 aliphatic carbocycles. The zero-order valence-electron chi connectivity index (χ0n) is 15.8. The first-order chi connectivity index (χ1) is 14.0. The van der Waals surface area contributed by atoms with Crippen molar-refractivity contribution in [3.63, 3.8) is 0 Å². The van der Waals surface area contributed by atoms with Crippen LogP contribution in [-0.4, -0.2) is 28.6 Å². The molecule has 3 aromatic rings. The Kier molecular flexibility index (Phi) is 5.60. The van der Waals surface area contributed by atoms with Crippen molar-refractivity contribution >= 4 is 45.6 Å². The molecular formula is C21H19ClN4O2S. The number of halogens is 1. The van der Waals surface area contributed by atoms with E-state index in [0.29, 0.717) is 23.1 Å². The average Bonchev–Trinajstić information content (AvgIpc) is 3.31. The van der Waals surface area contributed by atoms with Crippen LogP contribution in [0.25, 0.3) is 0 Å². The van der Waals surface area contributed by atoms with E-state index in [1.54, 1.807) is 17.0 Å². The van der Waals surface area contributed by atoms with Crippen molar-refractivity contribution in [2.75, 3.05) is 16.8 Å². The van der Waals surface area contributed by atoms with Gasteiger partial charge < -0.3 is 10.2 Å². The molecule has 29 heavy (non-hydrogen) atoms. The molecule has 1 aliphatic rings. The fourth-order valence-electron chi connectivity index (χ4n) is 3.25. The van der Waals surface area contributed by atoms with Crippen LogP contribution in [0.15, 0.2) is 48.5 Å². The third-order valence-corrected chi connectivity index (χ3v) is 6.04. The summed E-state index contributed by atoms with van der Waals surface area (Å²) < 4.78 is 0. The number of aryl methyl sites for hydroxylation is 1. The van der Waals surface area contributed by atoms with Gasteiger partial charge in [-0.05, 0) is 36.8 Å². The van der Waals surface area contributed by atoms with Crippen molar-refractivity contribution in [1.82, 2.24) is 10.2 Å². The highest BCUT2D eigenvalue weighted by atomic mass is 35.5. The minimum atomic E-state index is -0.168. The first-order valence-electron chi connectivity index (χ1n) is 9.22. The second kappa shape index (κ2) is 8.31. The largest absolute Gasteiger partial charge is 0.312 e. The topological polar surface area (TPSA) is 75.2 Å². The fourth-order valence-corrected chi connectivity index (χ4v) is 4.23. The van der Waals surface area contributed by atoms with Gasteiger partial charge >= 0.3 is 0 Å². The predicted molar refractivity (Wildman–Crippen MR) is 115 cm³/mol. The standard InChI is InChI=1S/C21H19ClN4O2S/c1-13-2-8-17(9-3-13)26-12-15(11-19(26)28)20-24-25-21(29-20)23-18(27)10-14-4-6-16(22)7-5-14/h2-9,15H,10-12H2,1H3,(H,23,25,27). The summed E-state index contributed by atoms with van der Waals surface area (Å²) >= 11 is 7.18. The lowest BCUT2D eigenvalue weighted by molar-refractivity contribution is -0.117. The van der Waals surface area contributed by atoms with Crippen molar-refractivity contribution < 1.29 is 9.59 Å². The van der Waals surface area contributed by atoms with Crippen LogP contribution in [-0.2, 0) is 16.0 Å². The van der Waals surface area contributed by atoms with E-state index in [2.05, 4.69) is 15.5 Å². The minimum absolute atomic E-state index is 0.0248. The molecule has 0 bridgehead atoms. The second-order valence-electron chi connectivity index (χ2n) is 7.04. The number of amides is 2. The zero-order valence-corrected chi connectivity index (χ0v) is 17.3. The lowest BCUT2D eigenvalue weighted by Crippen LogP contribution is -2.24. The molecule has 0 saturated carbocycles. The molecule has 4 rings (SSSR count). The third kappa shape index (κ3) is 4.63. The molecule has 1 aliphatic heterocycles. The summed E-state index contributed by atoms with van der Waals surface area (Å²) in [6.07, 6.45) is 0.621. The second-order valence-corrected chi connectivity index (χ2v) is 8.48. The van der Waals surface area contributed by atoms with Crippen LogP contribution >= 0.6 is 22.9 Å². The van der Waals surface area contributed by atoms with Crippen LogP contribution in [0.1, 0.15) is 28.5 Å². The number of hydrogen-bond donors (Lipinski definition) is 1. The van der Waals surface area contributed by atoms with E-state index < -0.39 is 0 Å². The van der Waals surface area contributed by atoms with Gasteiger partial charge in [-0.1, -0.05) is 52.8 Å². The van der Waals surface area contributed by atoms with Crippen LogP contribution in [0.4, 0.5) is 10.8 Å². The van der Waals surface area contributed by atoms with E-state index in [0.717, 1.165) is 21.8 Å². The summed E-state index contributed by atoms with van der Waals surface area (Å²) in [5.74, 6) is -0.121. The number of hydrogen-bond acceptors (Lipinski definition) is 5. The number of aromatic nitrogens is 2. The summed E-state index contributed by atoms with van der Waals surface area (Å²) in [5, 5.41) is 12.9. The number of rotatable bonds is 5. The van der Waals surface area contributed by atoms with Crippen LogP contribution in [0.2, 0.25) is 5.02 Å². The number of carbonyl (C=O) groups is 2. The normalized spacial score (nSPS) is 16.3. The van der Waals surface area contributed by atoms with Gasteiger partial charge in [-0.3, -0.25) is 9.59 Å². The van der Waals surface area contributed by atoms with E-state index in [9.17, 15) is 9.59 Å². The molecule has 148 valence electrons. The Balaban J connectivity index is 1.38. The number of nitrogens with zero attached hydrogens (tertiary/aromatic N) is 3. The van der Waals surface area contributed by atoms with Crippen molar-refractivity contribution in [1.29, 1.82) is 0 Å². The van der Waals surface area contributed by atoms with Gasteiger partial charge in [0.25, 0.3) is 0 Å². The Labute approximate surface area is 177 Å². The molecule has 2 aromatic carbocycles. The van der Waals surface area contributed by atoms with Gasteiger partial charge in [0.15, 0.2) is 0 Å². The maximum absolute atomic E-state index is 12.5. The van der Waals surface area contributed by atoms with E-state index in [1.807, 2.05) is 43.3 Å². The summed E-state index contributed by atoms with van der Waals surface area (Å²) in [6.45, 7) is 2.58. The Morgan fingerprint density at radius 2 is 1.90 bits per heavy atom. The van der Waals surface area contributed by atoms with Gasteiger partial charge in [0.2, 0.25) is 16.9 Å². The van der Waals surface area contributed by atoms with Crippen LogP contribution < -0.4 is 10.2 Å². The van der Waals surface area contributed by atoms with E-state index >= 15 is 0 Å². The quantitative estimate of drug-likeness (QED) is 0.663. The van der Waals surface area contributed by atoms with E-state index in [-0.39, 0.29) is 24.2 Å².